The van der Waals surface area contributed by atoms with E-state index in [9.17, 15) is 14.4 Å². The number of benzene rings is 2. The molecule has 1 heterocycles. The van der Waals surface area contributed by atoms with Crippen molar-refractivity contribution in [3.05, 3.63) is 65.2 Å². The Kier molecular flexibility index (Phi) is 8.93. The number of hydrogen-bond donors (Lipinski definition) is 1. The van der Waals surface area contributed by atoms with Gasteiger partial charge in [0.25, 0.3) is 11.8 Å². The number of piperazine rings is 1. The van der Waals surface area contributed by atoms with Gasteiger partial charge in [0.1, 0.15) is 11.8 Å². The van der Waals surface area contributed by atoms with Gasteiger partial charge in [0.15, 0.2) is 6.61 Å². The molecule has 1 fully saturated rings. The van der Waals surface area contributed by atoms with Gasteiger partial charge in [0.2, 0.25) is 5.91 Å². The van der Waals surface area contributed by atoms with Crippen LogP contribution in [-0.2, 0) is 9.59 Å². The molecule has 0 spiro atoms. The molecule has 1 N–H and O–H groups in total. The first-order valence-electron chi connectivity index (χ1n) is 11.6. The fourth-order valence-electron chi connectivity index (χ4n) is 3.98. The van der Waals surface area contributed by atoms with E-state index in [1.807, 2.05) is 39.0 Å². The highest BCUT2D eigenvalue weighted by atomic mass is 35.5. The lowest BCUT2D eigenvalue weighted by molar-refractivity contribution is -0.140. The maximum Gasteiger partial charge on any atom is 0.258 e. The van der Waals surface area contributed by atoms with Gasteiger partial charge in [-0.15, -0.1) is 0 Å². The lowest BCUT2D eigenvalue weighted by Gasteiger charge is -2.41. The molecule has 7 nitrogen and oxygen atoms in total. The van der Waals surface area contributed by atoms with Crippen molar-refractivity contribution in [3.8, 4) is 5.75 Å². The number of hydrogen-bond acceptors (Lipinski definition) is 4. The van der Waals surface area contributed by atoms with Crippen LogP contribution in [0.15, 0.2) is 54.6 Å². The molecule has 3 amide bonds. The monoisotopic (exact) mass is 485 g/mol. The molecule has 182 valence electrons. The lowest BCUT2D eigenvalue weighted by atomic mass is 9.97. The highest BCUT2D eigenvalue weighted by Gasteiger charge is 2.35. The molecular formula is C26H32ClN3O4. The second kappa shape index (κ2) is 11.9. The lowest BCUT2D eigenvalue weighted by Crippen LogP contribution is -2.60. The summed E-state index contributed by atoms with van der Waals surface area (Å²) in [4.78, 5) is 42.4. The number of rotatable bonds is 8. The molecule has 8 heteroatoms. The Bertz CT molecular complexity index is 983. The highest BCUT2D eigenvalue weighted by molar-refractivity contribution is 6.30. The molecule has 2 aromatic rings. The third kappa shape index (κ3) is 6.50. The van der Waals surface area contributed by atoms with Gasteiger partial charge in [0, 0.05) is 36.3 Å². The van der Waals surface area contributed by atoms with Gasteiger partial charge in [-0.2, -0.15) is 0 Å². The Morgan fingerprint density at radius 1 is 1.09 bits per heavy atom. The van der Waals surface area contributed by atoms with E-state index in [2.05, 4.69) is 5.32 Å². The molecule has 1 aliphatic rings. The smallest absolute Gasteiger partial charge is 0.258 e. The Morgan fingerprint density at radius 3 is 2.38 bits per heavy atom. The van der Waals surface area contributed by atoms with Crippen LogP contribution in [0.4, 0.5) is 0 Å². The number of nitrogens with one attached hydrogen (secondary N) is 1. The minimum absolute atomic E-state index is 0.0358. The van der Waals surface area contributed by atoms with Gasteiger partial charge in [0.05, 0.1) is 0 Å². The first-order chi connectivity index (χ1) is 16.3. The number of amides is 3. The predicted molar refractivity (Wildman–Crippen MR) is 132 cm³/mol. The summed E-state index contributed by atoms with van der Waals surface area (Å²) in [6, 6.07) is 15.1. The molecule has 3 unspecified atom stereocenters. The largest absolute Gasteiger partial charge is 0.484 e. The van der Waals surface area contributed by atoms with Crippen molar-refractivity contribution in [2.24, 2.45) is 5.92 Å². The summed E-state index contributed by atoms with van der Waals surface area (Å²) in [5.74, 6) is -0.0519. The Hall–Kier alpha value is -3.06. The van der Waals surface area contributed by atoms with Crippen molar-refractivity contribution in [2.75, 3.05) is 26.2 Å². The molecule has 34 heavy (non-hydrogen) atoms. The summed E-state index contributed by atoms with van der Waals surface area (Å²) in [6.07, 6.45) is 0.733. The second-order valence-electron chi connectivity index (χ2n) is 8.67. The topological polar surface area (TPSA) is 79.0 Å². The van der Waals surface area contributed by atoms with Crippen molar-refractivity contribution in [1.29, 1.82) is 0 Å². The molecule has 0 aromatic heterocycles. The SMILES string of the molecule is CCC(C)C(NC(=O)COc1ccc(Cl)cc1)C(=O)N1CCN(C(=O)c2ccccc2)C(C)C1. The van der Waals surface area contributed by atoms with Gasteiger partial charge >= 0.3 is 0 Å². The molecule has 0 bridgehead atoms. The van der Waals surface area contributed by atoms with Crippen molar-refractivity contribution in [3.63, 3.8) is 0 Å². The minimum atomic E-state index is -0.658. The van der Waals surface area contributed by atoms with Crippen LogP contribution in [0.3, 0.4) is 0 Å². The first kappa shape index (κ1) is 25.6. The Balaban J connectivity index is 1.59. The van der Waals surface area contributed by atoms with Gasteiger partial charge in [-0.05, 0) is 49.2 Å². The maximum absolute atomic E-state index is 13.4. The van der Waals surface area contributed by atoms with E-state index in [4.69, 9.17) is 16.3 Å². The van der Waals surface area contributed by atoms with Crippen LogP contribution >= 0.6 is 11.6 Å². The number of halogens is 1. The van der Waals surface area contributed by atoms with Crippen LogP contribution in [0, 0.1) is 5.92 Å². The maximum atomic E-state index is 13.4. The summed E-state index contributed by atoms with van der Waals surface area (Å²) in [6.45, 7) is 6.96. The standard InChI is InChI=1S/C26H32ClN3O4/c1-4-18(2)24(28-23(31)17-34-22-12-10-21(27)11-13-22)26(33)29-14-15-30(19(3)16-29)25(32)20-8-6-5-7-9-20/h5-13,18-19,24H,4,14-17H2,1-3H3,(H,28,31). The summed E-state index contributed by atoms with van der Waals surface area (Å²) < 4.78 is 5.52. The Morgan fingerprint density at radius 2 is 1.76 bits per heavy atom. The van der Waals surface area contributed by atoms with E-state index >= 15 is 0 Å². The molecule has 0 radical (unpaired) electrons. The van der Waals surface area contributed by atoms with Crippen LogP contribution in [0.25, 0.3) is 0 Å². The average molecular weight is 486 g/mol. The highest BCUT2D eigenvalue weighted by Crippen LogP contribution is 2.18. The molecule has 0 saturated carbocycles. The zero-order valence-corrected chi connectivity index (χ0v) is 20.6. The first-order valence-corrected chi connectivity index (χ1v) is 12.0. The summed E-state index contributed by atoms with van der Waals surface area (Å²) in [5.41, 5.74) is 0.638. The summed E-state index contributed by atoms with van der Waals surface area (Å²) in [7, 11) is 0. The van der Waals surface area contributed by atoms with E-state index in [1.54, 1.807) is 46.2 Å². The number of carbonyl (C=O) groups is 3. The van der Waals surface area contributed by atoms with E-state index < -0.39 is 6.04 Å². The normalized spacial score (nSPS) is 17.6. The van der Waals surface area contributed by atoms with Gasteiger partial charge in [-0.1, -0.05) is 50.1 Å². The van der Waals surface area contributed by atoms with Crippen LogP contribution in [0.5, 0.6) is 5.75 Å². The van der Waals surface area contributed by atoms with Gasteiger partial charge in [-0.25, -0.2) is 0 Å². The number of carbonyl (C=O) groups excluding carboxylic acids is 3. The van der Waals surface area contributed by atoms with Crippen molar-refractivity contribution in [1.82, 2.24) is 15.1 Å². The van der Waals surface area contributed by atoms with Crippen molar-refractivity contribution < 1.29 is 19.1 Å². The fraction of sp³-hybridized carbons (Fsp3) is 0.423. The van der Waals surface area contributed by atoms with E-state index in [0.717, 1.165) is 6.42 Å². The van der Waals surface area contributed by atoms with E-state index in [0.29, 0.717) is 36.0 Å². The molecule has 3 atom stereocenters. The van der Waals surface area contributed by atoms with Crippen LogP contribution in [0.1, 0.15) is 37.6 Å². The van der Waals surface area contributed by atoms with Crippen LogP contribution < -0.4 is 10.1 Å². The quantitative estimate of drug-likeness (QED) is 0.619. The Labute approximate surface area is 206 Å². The summed E-state index contributed by atoms with van der Waals surface area (Å²) >= 11 is 5.87. The molecular weight excluding hydrogens is 454 g/mol. The average Bonchev–Trinajstić information content (AvgIpc) is 2.86. The number of ether oxygens (including phenoxy) is 1. The van der Waals surface area contributed by atoms with Crippen LogP contribution in [-0.4, -0.2) is 65.8 Å². The van der Waals surface area contributed by atoms with Crippen LogP contribution in [0.2, 0.25) is 5.02 Å². The predicted octanol–water partition coefficient (Wildman–Crippen LogP) is 3.62. The molecule has 1 saturated heterocycles. The van der Waals surface area contributed by atoms with E-state index in [-0.39, 0.29) is 36.3 Å². The van der Waals surface area contributed by atoms with Crippen molar-refractivity contribution >= 4 is 29.3 Å². The molecule has 2 aromatic carbocycles. The van der Waals surface area contributed by atoms with Gasteiger partial charge < -0.3 is 19.9 Å². The minimum Gasteiger partial charge on any atom is -0.484 e. The third-order valence-electron chi connectivity index (χ3n) is 6.20. The third-order valence-corrected chi connectivity index (χ3v) is 6.45. The van der Waals surface area contributed by atoms with Crippen molar-refractivity contribution in [2.45, 2.75) is 39.3 Å². The summed E-state index contributed by atoms with van der Waals surface area (Å²) in [5, 5.41) is 3.44. The zero-order chi connectivity index (χ0) is 24.7. The molecule has 3 rings (SSSR count). The molecule has 0 aliphatic carbocycles. The fourth-order valence-corrected chi connectivity index (χ4v) is 4.11. The van der Waals surface area contributed by atoms with Gasteiger partial charge in [-0.3, -0.25) is 14.4 Å². The molecule has 1 aliphatic heterocycles. The second-order valence-corrected chi connectivity index (χ2v) is 9.11. The van der Waals surface area contributed by atoms with E-state index in [1.165, 1.54) is 0 Å². The number of nitrogens with zero attached hydrogens (tertiary/aromatic N) is 2. The zero-order valence-electron chi connectivity index (χ0n) is 19.9.